The third kappa shape index (κ3) is 4.65. The van der Waals surface area contributed by atoms with Crippen molar-refractivity contribution in [3.8, 4) is 0 Å². The van der Waals surface area contributed by atoms with Crippen molar-refractivity contribution in [1.82, 2.24) is 4.90 Å². The van der Waals surface area contributed by atoms with Crippen molar-refractivity contribution in [1.29, 1.82) is 0 Å². The number of hydrogen-bond donors (Lipinski definition) is 1. The Labute approximate surface area is 103 Å². The second kappa shape index (κ2) is 5.84. The minimum Gasteiger partial charge on any atom is -0.326 e. The Balaban J connectivity index is 2.70. The Hall–Kier alpha value is -0.590. The first-order chi connectivity index (χ1) is 7.85. The molecule has 0 atom stereocenters. The predicted molar refractivity (Wildman–Crippen MR) is 64.0 cm³/mol. The van der Waals surface area contributed by atoms with Gasteiger partial charge in [-0.1, -0.05) is 6.92 Å². The van der Waals surface area contributed by atoms with E-state index in [0.29, 0.717) is 19.6 Å². The molecule has 17 heavy (non-hydrogen) atoms. The monoisotopic (exact) mass is 266 g/mol. The lowest BCUT2D eigenvalue weighted by Gasteiger charge is -2.21. The lowest BCUT2D eigenvalue weighted by Crippen LogP contribution is -2.33. The number of thiophene rings is 1. The second-order valence-corrected chi connectivity index (χ2v) is 5.26. The van der Waals surface area contributed by atoms with Gasteiger partial charge in [0.1, 0.15) is 0 Å². The molecule has 0 aromatic carbocycles. The van der Waals surface area contributed by atoms with Crippen LogP contribution in [0.5, 0.6) is 0 Å². The summed E-state index contributed by atoms with van der Waals surface area (Å²) in [4.78, 5) is 3.45. The van der Waals surface area contributed by atoms with E-state index in [1.807, 2.05) is 13.0 Å². The molecule has 0 spiro atoms. The fourth-order valence-electron chi connectivity index (χ4n) is 1.62. The maximum Gasteiger partial charge on any atom is 0.401 e. The van der Waals surface area contributed by atoms with E-state index in [1.54, 1.807) is 18.3 Å². The Morgan fingerprint density at radius 2 is 2.06 bits per heavy atom. The normalized spacial score (nSPS) is 12.4. The largest absolute Gasteiger partial charge is 0.401 e. The van der Waals surface area contributed by atoms with Crippen molar-refractivity contribution < 1.29 is 13.2 Å². The molecule has 2 nitrogen and oxygen atoms in total. The average molecular weight is 266 g/mol. The molecule has 0 aliphatic carbocycles. The number of hydrogen-bond acceptors (Lipinski definition) is 3. The van der Waals surface area contributed by atoms with E-state index in [4.69, 9.17) is 5.73 Å². The molecular formula is C11H17F3N2S. The summed E-state index contributed by atoms with van der Waals surface area (Å²) in [7, 11) is 0. The van der Waals surface area contributed by atoms with Crippen LogP contribution < -0.4 is 5.73 Å². The smallest absolute Gasteiger partial charge is 0.326 e. The Kier molecular flexibility index (Phi) is 4.97. The van der Waals surface area contributed by atoms with Gasteiger partial charge in [-0.25, -0.2) is 0 Å². The van der Waals surface area contributed by atoms with Gasteiger partial charge in [0.2, 0.25) is 0 Å². The molecule has 1 aromatic rings. The molecule has 0 bridgehead atoms. The number of nitrogens with zero attached hydrogens (tertiary/aromatic N) is 1. The van der Waals surface area contributed by atoms with Gasteiger partial charge >= 0.3 is 6.18 Å². The van der Waals surface area contributed by atoms with E-state index in [1.165, 1.54) is 4.90 Å². The maximum atomic E-state index is 12.3. The van der Waals surface area contributed by atoms with Crippen molar-refractivity contribution in [2.75, 3.05) is 13.1 Å². The van der Waals surface area contributed by atoms with Gasteiger partial charge in [-0.15, -0.1) is 11.3 Å². The number of alkyl halides is 3. The molecular weight excluding hydrogens is 249 g/mol. The highest BCUT2D eigenvalue weighted by atomic mass is 32.1. The molecule has 1 rings (SSSR count). The summed E-state index contributed by atoms with van der Waals surface area (Å²) in [5.74, 6) is 0. The van der Waals surface area contributed by atoms with E-state index in [0.717, 1.165) is 15.3 Å². The highest BCUT2D eigenvalue weighted by Gasteiger charge is 2.30. The molecule has 0 fully saturated rings. The molecule has 2 N–H and O–H groups in total. The quantitative estimate of drug-likeness (QED) is 0.888. The highest BCUT2D eigenvalue weighted by Crippen LogP contribution is 2.24. The van der Waals surface area contributed by atoms with Crippen LogP contribution in [0.15, 0.2) is 6.07 Å². The van der Waals surface area contributed by atoms with Crippen LogP contribution in [0.4, 0.5) is 13.2 Å². The van der Waals surface area contributed by atoms with Crippen molar-refractivity contribution >= 4 is 11.3 Å². The summed E-state index contributed by atoms with van der Waals surface area (Å²) < 4.78 is 36.9. The predicted octanol–water partition coefficient (Wildman–Crippen LogP) is 2.90. The van der Waals surface area contributed by atoms with Crippen molar-refractivity contribution in [3.05, 3.63) is 21.4 Å². The molecule has 0 saturated carbocycles. The Bertz CT molecular complexity index is 360. The molecule has 0 radical (unpaired) electrons. The zero-order valence-corrected chi connectivity index (χ0v) is 10.8. The van der Waals surface area contributed by atoms with Crippen molar-refractivity contribution in [2.24, 2.45) is 5.73 Å². The third-order valence-electron chi connectivity index (χ3n) is 2.52. The second-order valence-electron chi connectivity index (χ2n) is 3.92. The van der Waals surface area contributed by atoms with Crippen LogP contribution in [-0.2, 0) is 13.1 Å². The van der Waals surface area contributed by atoms with Crippen LogP contribution in [0.1, 0.15) is 22.2 Å². The van der Waals surface area contributed by atoms with Crippen molar-refractivity contribution in [3.63, 3.8) is 0 Å². The first-order valence-corrected chi connectivity index (χ1v) is 6.24. The first-order valence-electron chi connectivity index (χ1n) is 5.43. The fraction of sp³-hybridized carbons (Fsp3) is 0.636. The molecule has 1 heterocycles. The number of halogens is 3. The Morgan fingerprint density at radius 1 is 1.41 bits per heavy atom. The zero-order valence-electron chi connectivity index (χ0n) is 9.97. The molecule has 98 valence electrons. The fourth-order valence-corrected chi connectivity index (χ4v) is 2.55. The summed E-state index contributed by atoms with van der Waals surface area (Å²) in [5.41, 5.74) is 6.46. The van der Waals surface area contributed by atoms with Crippen LogP contribution in [0.3, 0.4) is 0 Å². The van der Waals surface area contributed by atoms with Crippen LogP contribution in [0.2, 0.25) is 0 Å². The van der Waals surface area contributed by atoms with Gasteiger partial charge in [-0.3, -0.25) is 4.90 Å². The summed E-state index contributed by atoms with van der Waals surface area (Å²) in [6, 6.07) is 1.90. The molecule has 0 aliphatic heterocycles. The summed E-state index contributed by atoms with van der Waals surface area (Å²) in [6.07, 6.45) is -4.14. The first kappa shape index (κ1) is 14.5. The van der Waals surface area contributed by atoms with Crippen molar-refractivity contribution in [2.45, 2.75) is 33.1 Å². The van der Waals surface area contributed by atoms with E-state index < -0.39 is 12.7 Å². The van der Waals surface area contributed by atoms with Crippen LogP contribution in [-0.4, -0.2) is 24.2 Å². The molecule has 6 heteroatoms. The van der Waals surface area contributed by atoms with E-state index in [2.05, 4.69) is 0 Å². The molecule has 0 unspecified atom stereocenters. The lowest BCUT2D eigenvalue weighted by molar-refractivity contribution is -0.146. The van der Waals surface area contributed by atoms with E-state index >= 15 is 0 Å². The summed E-state index contributed by atoms with van der Waals surface area (Å²) in [5, 5.41) is 0. The topological polar surface area (TPSA) is 29.3 Å². The molecule has 1 aromatic heterocycles. The minimum absolute atomic E-state index is 0.332. The number of aryl methyl sites for hydroxylation is 1. The number of nitrogens with two attached hydrogens (primary N) is 1. The average Bonchev–Trinajstić information content (AvgIpc) is 2.56. The van der Waals surface area contributed by atoms with Gasteiger partial charge in [0, 0.05) is 22.8 Å². The third-order valence-corrected chi connectivity index (χ3v) is 3.63. The van der Waals surface area contributed by atoms with Crippen LogP contribution >= 0.6 is 11.3 Å². The zero-order chi connectivity index (χ0) is 13.1. The van der Waals surface area contributed by atoms with Gasteiger partial charge in [0.05, 0.1) is 6.54 Å². The standard InChI is InChI=1S/C11H17F3N2S/c1-3-16(7-11(12,13)14)6-9-4-10(5-15)17-8(9)2/h4H,3,5-7,15H2,1-2H3. The molecule has 0 saturated heterocycles. The van der Waals surface area contributed by atoms with Gasteiger partial charge < -0.3 is 5.73 Å². The van der Waals surface area contributed by atoms with Crippen LogP contribution in [0.25, 0.3) is 0 Å². The molecule has 0 aliphatic rings. The number of rotatable bonds is 5. The van der Waals surface area contributed by atoms with Crippen LogP contribution in [0, 0.1) is 6.92 Å². The van der Waals surface area contributed by atoms with E-state index in [9.17, 15) is 13.2 Å². The van der Waals surface area contributed by atoms with Gasteiger partial charge in [-0.2, -0.15) is 13.2 Å². The van der Waals surface area contributed by atoms with Gasteiger partial charge in [0.15, 0.2) is 0 Å². The van der Waals surface area contributed by atoms with Gasteiger partial charge in [0.25, 0.3) is 0 Å². The van der Waals surface area contributed by atoms with E-state index in [-0.39, 0.29) is 0 Å². The highest BCUT2D eigenvalue weighted by molar-refractivity contribution is 7.12. The summed E-state index contributed by atoms with van der Waals surface area (Å²) in [6.45, 7) is 3.94. The SMILES string of the molecule is CCN(Cc1cc(CN)sc1C)CC(F)(F)F. The summed E-state index contributed by atoms with van der Waals surface area (Å²) >= 11 is 1.55. The van der Waals surface area contributed by atoms with Gasteiger partial charge in [-0.05, 0) is 25.1 Å². The molecule has 0 amide bonds. The Morgan fingerprint density at radius 3 is 2.47 bits per heavy atom. The lowest BCUT2D eigenvalue weighted by atomic mass is 10.2. The maximum absolute atomic E-state index is 12.3. The minimum atomic E-state index is -4.14.